The van der Waals surface area contributed by atoms with Gasteiger partial charge in [0.15, 0.2) is 0 Å². The smallest absolute Gasteiger partial charge is 0.205 e. The topological polar surface area (TPSA) is 30.3 Å². The van der Waals surface area contributed by atoms with Crippen molar-refractivity contribution < 1.29 is 4.74 Å². The molecule has 0 spiro atoms. The van der Waals surface area contributed by atoms with Crippen molar-refractivity contribution in [3.05, 3.63) is 12.4 Å². The van der Waals surface area contributed by atoms with Crippen LogP contribution in [0.5, 0.6) is 0 Å². The first-order chi connectivity index (χ1) is 7.36. The molecule has 1 aromatic heterocycles. The Hall–Kier alpha value is -0.740. The molecule has 0 bridgehead atoms. The molecule has 1 atom stereocenters. The van der Waals surface area contributed by atoms with Crippen LogP contribution in [-0.4, -0.2) is 41.2 Å². The van der Waals surface area contributed by atoms with E-state index in [0.717, 1.165) is 25.6 Å². The second kappa shape index (κ2) is 4.86. The molecule has 1 aliphatic heterocycles. The van der Waals surface area contributed by atoms with Gasteiger partial charge >= 0.3 is 0 Å². The molecule has 15 heavy (non-hydrogen) atoms. The number of rotatable bonds is 3. The highest BCUT2D eigenvalue weighted by Gasteiger charge is 2.25. The molecule has 1 saturated heterocycles. The van der Waals surface area contributed by atoms with E-state index in [4.69, 9.17) is 16.3 Å². The number of aryl methyl sites for hydroxylation is 1. The van der Waals surface area contributed by atoms with E-state index < -0.39 is 0 Å². The average Bonchev–Trinajstić information content (AvgIpc) is 2.76. The maximum absolute atomic E-state index is 5.93. The Labute approximate surface area is 94.8 Å². The Morgan fingerprint density at radius 3 is 3.27 bits per heavy atom. The Morgan fingerprint density at radius 1 is 1.67 bits per heavy atom. The van der Waals surface area contributed by atoms with Crippen molar-refractivity contribution in [2.45, 2.75) is 19.5 Å². The quantitative estimate of drug-likeness (QED) is 0.733. The lowest BCUT2D eigenvalue weighted by atomic mass is 10.3. The molecule has 1 aliphatic rings. The van der Waals surface area contributed by atoms with E-state index in [1.54, 1.807) is 0 Å². The third-order valence-electron chi connectivity index (χ3n) is 2.70. The summed E-state index contributed by atoms with van der Waals surface area (Å²) in [7, 11) is 0. The highest BCUT2D eigenvalue weighted by molar-refractivity contribution is 6.18. The SMILES string of the molecule is CCn1ccnc1N1CCOCC1CCl. The highest BCUT2D eigenvalue weighted by atomic mass is 35.5. The van der Waals surface area contributed by atoms with E-state index in [2.05, 4.69) is 21.4 Å². The van der Waals surface area contributed by atoms with Gasteiger partial charge in [-0.3, -0.25) is 0 Å². The maximum Gasteiger partial charge on any atom is 0.205 e. The number of anilines is 1. The molecule has 0 amide bonds. The number of hydrogen-bond donors (Lipinski definition) is 0. The molecule has 1 fully saturated rings. The summed E-state index contributed by atoms with van der Waals surface area (Å²) in [4.78, 5) is 6.62. The summed E-state index contributed by atoms with van der Waals surface area (Å²) >= 11 is 5.93. The third kappa shape index (κ3) is 2.11. The van der Waals surface area contributed by atoms with Gasteiger partial charge in [0.1, 0.15) is 0 Å². The molecule has 0 aliphatic carbocycles. The van der Waals surface area contributed by atoms with Gasteiger partial charge in [0, 0.05) is 31.4 Å². The number of alkyl halides is 1. The van der Waals surface area contributed by atoms with Crippen LogP contribution in [0, 0.1) is 0 Å². The van der Waals surface area contributed by atoms with E-state index in [0.29, 0.717) is 12.5 Å². The van der Waals surface area contributed by atoms with Crippen LogP contribution in [0.3, 0.4) is 0 Å². The van der Waals surface area contributed by atoms with Crippen LogP contribution < -0.4 is 4.90 Å². The number of nitrogens with zero attached hydrogens (tertiary/aromatic N) is 3. The first-order valence-corrected chi connectivity index (χ1v) is 5.81. The Morgan fingerprint density at radius 2 is 2.53 bits per heavy atom. The van der Waals surface area contributed by atoms with Crippen LogP contribution in [0.1, 0.15) is 6.92 Å². The first kappa shape index (κ1) is 10.8. The number of imidazole rings is 1. The van der Waals surface area contributed by atoms with Gasteiger partial charge in [-0.25, -0.2) is 4.98 Å². The molecule has 0 aromatic carbocycles. The summed E-state index contributed by atoms with van der Waals surface area (Å²) < 4.78 is 7.54. The molecule has 4 nitrogen and oxygen atoms in total. The highest BCUT2D eigenvalue weighted by Crippen LogP contribution is 2.18. The number of ether oxygens (including phenoxy) is 1. The normalized spacial score (nSPS) is 22.0. The lowest BCUT2D eigenvalue weighted by Gasteiger charge is -2.35. The van der Waals surface area contributed by atoms with Crippen LogP contribution in [0.2, 0.25) is 0 Å². The van der Waals surface area contributed by atoms with Gasteiger partial charge in [-0.1, -0.05) is 0 Å². The van der Waals surface area contributed by atoms with Crippen LogP contribution in [0.25, 0.3) is 0 Å². The fourth-order valence-corrected chi connectivity index (χ4v) is 2.11. The molecule has 2 heterocycles. The minimum absolute atomic E-state index is 0.244. The molecule has 5 heteroatoms. The van der Waals surface area contributed by atoms with Gasteiger partial charge in [-0.2, -0.15) is 0 Å². The van der Waals surface area contributed by atoms with Crippen molar-refractivity contribution >= 4 is 17.5 Å². The second-order valence-electron chi connectivity index (χ2n) is 3.59. The van der Waals surface area contributed by atoms with Crippen molar-refractivity contribution in [1.82, 2.24) is 9.55 Å². The van der Waals surface area contributed by atoms with Gasteiger partial charge < -0.3 is 14.2 Å². The minimum Gasteiger partial charge on any atom is -0.377 e. The largest absolute Gasteiger partial charge is 0.377 e. The number of halogens is 1. The number of hydrogen-bond acceptors (Lipinski definition) is 3. The maximum atomic E-state index is 5.93. The summed E-state index contributed by atoms with van der Waals surface area (Å²) in [5.41, 5.74) is 0. The molecule has 84 valence electrons. The van der Waals surface area contributed by atoms with Crippen LogP contribution >= 0.6 is 11.6 Å². The van der Waals surface area contributed by atoms with Crippen molar-refractivity contribution in [3.8, 4) is 0 Å². The van der Waals surface area contributed by atoms with Crippen molar-refractivity contribution in [2.24, 2.45) is 0 Å². The monoisotopic (exact) mass is 229 g/mol. The summed E-state index contributed by atoms with van der Waals surface area (Å²) in [6, 6.07) is 0.244. The molecule has 0 saturated carbocycles. The zero-order chi connectivity index (χ0) is 10.7. The van der Waals surface area contributed by atoms with E-state index in [1.807, 2.05) is 12.4 Å². The predicted octanol–water partition coefficient (Wildman–Crippen LogP) is 1.35. The molecule has 0 radical (unpaired) electrons. The van der Waals surface area contributed by atoms with E-state index in [9.17, 15) is 0 Å². The lowest BCUT2D eigenvalue weighted by Crippen LogP contribution is -2.47. The number of aromatic nitrogens is 2. The van der Waals surface area contributed by atoms with Crippen molar-refractivity contribution in [3.63, 3.8) is 0 Å². The zero-order valence-electron chi connectivity index (χ0n) is 8.90. The molecular weight excluding hydrogens is 214 g/mol. The second-order valence-corrected chi connectivity index (χ2v) is 3.90. The summed E-state index contributed by atoms with van der Waals surface area (Å²) in [5.74, 6) is 1.59. The van der Waals surface area contributed by atoms with Crippen LogP contribution in [0.4, 0.5) is 5.95 Å². The Bertz CT molecular complexity index is 315. The van der Waals surface area contributed by atoms with Gasteiger partial charge in [-0.05, 0) is 6.92 Å². The molecule has 1 unspecified atom stereocenters. The molecular formula is C10H16ClN3O. The molecule has 1 aromatic rings. The molecule has 0 N–H and O–H groups in total. The Balaban J connectivity index is 2.20. The standard InChI is InChI=1S/C10H16ClN3O/c1-2-13-4-3-12-10(13)14-5-6-15-8-9(14)7-11/h3-4,9H,2,5-8H2,1H3. The van der Waals surface area contributed by atoms with Crippen molar-refractivity contribution in [1.29, 1.82) is 0 Å². The number of morpholine rings is 1. The predicted molar refractivity (Wildman–Crippen MR) is 60.6 cm³/mol. The summed E-state index contributed by atoms with van der Waals surface area (Å²) in [6.07, 6.45) is 3.83. The van der Waals surface area contributed by atoms with E-state index >= 15 is 0 Å². The van der Waals surface area contributed by atoms with Gasteiger partial charge in [0.05, 0.1) is 19.3 Å². The van der Waals surface area contributed by atoms with Gasteiger partial charge in [-0.15, -0.1) is 11.6 Å². The van der Waals surface area contributed by atoms with E-state index in [-0.39, 0.29) is 6.04 Å². The van der Waals surface area contributed by atoms with Crippen LogP contribution in [-0.2, 0) is 11.3 Å². The molecule has 2 rings (SSSR count). The Kier molecular flexibility index (Phi) is 3.49. The fraction of sp³-hybridized carbons (Fsp3) is 0.700. The van der Waals surface area contributed by atoms with Crippen molar-refractivity contribution in [2.75, 3.05) is 30.5 Å². The van der Waals surface area contributed by atoms with Crippen LogP contribution in [0.15, 0.2) is 12.4 Å². The average molecular weight is 230 g/mol. The summed E-state index contributed by atoms with van der Waals surface area (Å²) in [6.45, 7) is 5.36. The fourth-order valence-electron chi connectivity index (χ4n) is 1.85. The minimum atomic E-state index is 0.244. The third-order valence-corrected chi connectivity index (χ3v) is 3.05. The lowest BCUT2D eigenvalue weighted by molar-refractivity contribution is 0.0986. The summed E-state index contributed by atoms with van der Waals surface area (Å²) in [5, 5.41) is 0. The first-order valence-electron chi connectivity index (χ1n) is 5.28. The van der Waals surface area contributed by atoms with Gasteiger partial charge in [0.2, 0.25) is 5.95 Å². The van der Waals surface area contributed by atoms with Gasteiger partial charge in [0.25, 0.3) is 0 Å². The van der Waals surface area contributed by atoms with E-state index in [1.165, 1.54) is 0 Å². The zero-order valence-corrected chi connectivity index (χ0v) is 9.65.